The van der Waals surface area contributed by atoms with Crippen molar-refractivity contribution >= 4 is 18.0 Å². The Morgan fingerprint density at radius 1 is 1.09 bits per heavy atom. The third-order valence-electron chi connectivity index (χ3n) is 5.88. The number of nitrogens with one attached hydrogen (secondary N) is 2. The van der Waals surface area contributed by atoms with Crippen LogP contribution >= 0.6 is 0 Å². The molecule has 9 heteroatoms. The van der Waals surface area contributed by atoms with Crippen molar-refractivity contribution in [3.8, 4) is 11.1 Å². The van der Waals surface area contributed by atoms with E-state index in [0.29, 0.717) is 13.0 Å². The number of alkyl carbamates (subject to hydrolysis) is 1. The summed E-state index contributed by atoms with van der Waals surface area (Å²) in [6.45, 7) is 2.58. The van der Waals surface area contributed by atoms with E-state index in [9.17, 15) is 14.4 Å². The van der Waals surface area contributed by atoms with Gasteiger partial charge < -0.3 is 25.0 Å². The van der Waals surface area contributed by atoms with Crippen LogP contribution < -0.4 is 10.6 Å². The highest BCUT2D eigenvalue weighted by atomic mass is 16.5. The molecule has 0 radical (unpaired) electrons. The van der Waals surface area contributed by atoms with E-state index in [1.54, 1.807) is 11.5 Å². The van der Waals surface area contributed by atoms with Crippen molar-refractivity contribution in [2.45, 2.75) is 31.8 Å². The van der Waals surface area contributed by atoms with Crippen molar-refractivity contribution in [1.29, 1.82) is 0 Å². The molecule has 0 saturated heterocycles. The molecule has 1 aromatic heterocycles. The van der Waals surface area contributed by atoms with Crippen LogP contribution in [-0.2, 0) is 16.1 Å². The number of carboxylic acids is 1. The number of carbonyl (C=O) groups is 3. The first kappa shape index (κ1) is 23.0. The molecule has 0 fully saturated rings. The van der Waals surface area contributed by atoms with Gasteiger partial charge in [0.2, 0.25) is 5.91 Å². The molecule has 34 heavy (non-hydrogen) atoms. The molecule has 0 saturated carbocycles. The number of benzene rings is 2. The van der Waals surface area contributed by atoms with Crippen LogP contribution in [0.5, 0.6) is 0 Å². The quantitative estimate of drug-likeness (QED) is 0.449. The van der Waals surface area contributed by atoms with Crippen molar-refractivity contribution < 1.29 is 24.2 Å². The molecule has 0 aliphatic heterocycles. The second kappa shape index (κ2) is 10.2. The Morgan fingerprint density at radius 3 is 2.32 bits per heavy atom. The van der Waals surface area contributed by atoms with Gasteiger partial charge in [0.05, 0.1) is 6.33 Å². The van der Waals surface area contributed by atoms with Crippen LogP contribution in [0, 0.1) is 0 Å². The van der Waals surface area contributed by atoms with Crippen molar-refractivity contribution in [2.75, 3.05) is 13.2 Å². The summed E-state index contributed by atoms with van der Waals surface area (Å²) < 4.78 is 7.10. The highest BCUT2D eigenvalue weighted by Crippen LogP contribution is 2.44. The summed E-state index contributed by atoms with van der Waals surface area (Å²) in [6.07, 6.45) is 2.52. The molecule has 1 aliphatic rings. The highest BCUT2D eigenvalue weighted by Gasteiger charge is 2.29. The van der Waals surface area contributed by atoms with Gasteiger partial charge in [-0.3, -0.25) is 4.79 Å². The summed E-state index contributed by atoms with van der Waals surface area (Å²) in [5, 5.41) is 14.3. The lowest BCUT2D eigenvalue weighted by Crippen LogP contribution is -2.47. The van der Waals surface area contributed by atoms with E-state index < -0.39 is 18.1 Å². The first-order valence-corrected chi connectivity index (χ1v) is 11.1. The first-order chi connectivity index (χ1) is 16.5. The van der Waals surface area contributed by atoms with E-state index in [1.807, 2.05) is 36.4 Å². The van der Waals surface area contributed by atoms with Gasteiger partial charge in [0.1, 0.15) is 12.6 Å². The molecule has 0 bridgehead atoms. The maximum atomic E-state index is 12.5. The van der Waals surface area contributed by atoms with Gasteiger partial charge in [-0.1, -0.05) is 55.5 Å². The summed E-state index contributed by atoms with van der Waals surface area (Å²) in [5.41, 5.74) is 4.46. The molecule has 3 aromatic rings. The minimum atomic E-state index is -1.11. The summed E-state index contributed by atoms with van der Waals surface area (Å²) in [6, 6.07) is 15.4. The maximum Gasteiger partial charge on any atom is 0.407 e. The number of aromatic carboxylic acids is 1. The van der Waals surface area contributed by atoms with E-state index in [0.717, 1.165) is 22.3 Å². The molecule has 176 valence electrons. The third-order valence-corrected chi connectivity index (χ3v) is 5.88. The van der Waals surface area contributed by atoms with Gasteiger partial charge >= 0.3 is 12.1 Å². The van der Waals surface area contributed by atoms with E-state index in [2.05, 4.69) is 27.8 Å². The molecule has 1 aliphatic carbocycles. The summed E-state index contributed by atoms with van der Waals surface area (Å²) >= 11 is 0. The van der Waals surface area contributed by atoms with Gasteiger partial charge in [-0.25, -0.2) is 14.6 Å². The van der Waals surface area contributed by atoms with Crippen LogP contribution in [0.3, 0.4) is 0 Å². The minimum absolute atomic E-state index is 0.0575. The molecule has 0 spiro atoms. The zero-order chi connectivity index (χ0) is 24.1. The average Bonchev–Trinajstić information content (AvgIpc) is 3.44. The fraction of sp³-hybridized carbons (Fsp3) is 0.280. The van der Waals surface area contributed by atoms with Crippen molar-refractivity contribution in [3.63, 3.8) is 0 Å². The monoisotopic (exact) mass is 462 g/mol. The van der Waals surface area contributed by atoms with Gasteiger partial charge in [0, 0.05) is 25.2 Å². The fourth-order valence-corrected chi connectivity index (χ4v) is 4.16. The van der Waals surface area contributed by atoms with Crippen LogP contribution in [0.4, 0.5) is 4.79 Å². The van der Waals surface area contributed by atoms with Crippen LogP contribution in [0.15, 0.2) is 61.1 Å². The zero-order valence-corrected chi connectivity index (χ0v) is 18.7. The number of hydrogen-bond acceptors (Lipinski definition) is 5. The Labute approximate surface area is 196 Å². The molecule has 0 unspecified atom stereocenters. The van der Waals surface area contributed by atoms with Gasteiger partial charge in [-0.05, 0) is 28.7 Å². The molecule has 4 rings (SSSR count). The Morgan fingerprint density at radius 2 is 1.74 bits per heavy atom. The predicted molar refractivity (Wildman–Crippen MR) is 124 cm³/mol. The summed E-state index contributed by atoms with van der Waals surface area (Å²) in [7, 11) is 0. The summed E-state index contributed by atoms with van der Waals surface area (Å²) in [5.74, 6) is -1.51. The largest absolute Gasteiger partial charge is 0.476 e. The Hall–Kier alpha value is -4.14. The van der Waals surface area contributed by atoms with E-state index in [4.69, 9.17) is 9.84 Å². The molecule has 2 amide bonds. The Kier molecular flexibility index (Phi) is 6.91. The zero-order valence-electron chi connectivity index (χ0n) is 18.7. The number of nitrogens with zero attached hydrogens (tertiary/aromatic N) is 2. The van der Waals surface area contributed by atoms with Crippen molar-refractivity contribution in [1.82, 2.24) is 20.2 Å². The Balaban J connectivity index is 1.28. The smallest absolute Gasteiger partial charge is 0.407 e. The number of carbonyl (C=O) groups excluding carboxylic acids is 2. The molecule has 1 atom stereocenters. The lowest BCUT2D eigenvalue weighted by Gasteiger charge is -2.18. The van der Waals surface area contributed by atoms with Gasteiger partial charge in [0.15, 0.2) is 5.69 Å². The van der Waals surface area contributed by atoms with E-state index >= 15 is 0 Å². The number of aromatic nitrogens is 2. The fourth-order valence-electron chi connectivity index (χ4n) is 4.16. The Bertz CT molecular complexity index is 1160. The molecular weight excluding hydrogens is 436 g/mol. The second-order valence-corrected chi connectivity index (χ2v) is 8.02. The standard InChI is InChI=1S/C25H26N4O5/c1-2-21(23(30)26-11-12-29-13-22(24(31)32)27-15-29)28-25(33)34-14-20-18-9-5-3-7-16(18)17-8-4-6-10-19(17)20/h3-10,13,15,20-21H,2,11-12,14H2,1H3,(H,26,30)(H,28,33)(H,31,32)/t21-/m0/s1. The lowest BCUT2D eigenvalue weighted by atomic mass is 9.98. The van der Waals surface area contributed by atoms with Crippen LogP contribution in [0.25, 0.3) is 11.1 Å². The number of imidazole rings is 1. The topological polar surface area (TPSA) is 123 Å². The number of carboxylic acid groups (broad SMARTS) is 1. The minimum Gasteiger partial charge on any atom is -0.476 e. The van der Waals surface area contributed by atoms with Crippen LogP contribution in [-0.4, -0.2) is 51.8 Å². The van der Waals surface area contributed by atoms with Crippen LogP contribution in [0.2, 0.25) is 0 Å². The number of hydrogen-bond donors (Lipinski definition) is 3. The first-order valence-electron chi connectivity index (χ1n) is 11.1. The van der Waals surface area contributed by atoms with E-state index in [1.165, 1.54) is 12.5 Å². The van der Waals surface area contributed by atoms with Gasteiger partial charge in [-0.2, -0.15) is 0 Å². The SMILES string of the molecule is CC[C@H](NC(=O)OCC1c2ccccc2-c2ccccc21)C(=O)NCCn1cnc(C(=O)O)c1. The summed E-state index contributed by atoms with van der Waals surface area (Å²) in [4.78, 5) is 39.6. The molecule has 3 N–H and O–H groups in total. The van der Waals surface area contributed by atoms with Crippen molar-refractivity contribution in [3.05, 3.63) is 77.9 Å². The molecular formula is C25H26N4O5. The highest BCUT2D eigenvalue weighted by molar-refractivity contribution is 5.86. The van der Waals surface area contributed by atoms with Gasteiger partial charge in [-0.15, -0.1) is 0 Å². The second-order valence-electron chi connectivity index (χ2n) is 8.02. The predicted octanol–water partition coefficient (Wildman–Crippen LogP) is 3.01. The van der Waals surface area contributed by atoms with Gasteiger partial charge in [0.25, 0.3) is 0 Å². The number of ether oxygens (including phenoxy) is 1. The number of amides is 2. The molecule has 1 heterocycles. The molecule has 9 nitrogen and oxygen atoms in total. The van der Waals surface area contributed by atoms with E-state index in [-0.39, 0.29) is 30.7 Å². The lowest BCUT2D eigenvalue weighted by molar-refractivity contribution is -0.123. The van der Waals surface area contributed by atoms with Crippen molar-refractivity contribution in [2.24, 2.45) is 0 Å². The molecule has 2 aromatic carbocycles. The normalized spacial score (nSPS) is 13.0. The number of rotatable bonds is 9. The number of fused-ring (bicyclic) bond motifs is 3. The maximum absolute atomic E-state index is 12.5. The third kappa shape index (κ3) is 4.93. The average molecular weight is 463 g/mol. The van der Waals surface area contributed by atoms with Crippen LogP contribution in [0.1, 0.15) is 40.9 Å².